The number of ether oxygens (including phenoxy) is 1. The Balaban J connectivity index is 2.39. The van der Waals surface area contributed by atoms with Gasteiger partial charge in [-0.05, 0) is 36.1 Å². The molecule has 4 nitrogen and oxygen atoms in total. The second-order valence-electron chi connectivity index (χ2n) is 5.05. The number of hydrogen-bond donors (Lipinski definition) is 1. The van der Waals surface area contributed by atoms with Crippen LogP contribution in [0.4, 0.5) is 5.82 Å². The Bertz CT molecular complexity index is 629. The van der Waals surface area contributed by atoms with Gasteiger partial charge in [-0.15, -0.1) is 0 Å². The SMILES string of the molecule is CCc1cc(Oc2ncnc(NC)c2C(C)C)ccc1Cl. The highest BCUT2D eigenvalue weighted by Gasteiger charge is 2.16. The van der Waals surface area contributed by atoms with Gasteiger partial charge in [0.15, 0.2) is 0 Å². The summed E-state index contributed by atoms with van der Waals surface area (Å²) in [6.45, 7) is 6.24. The number of rotatable bonds is 5. The molecule has 21 heavy (non-hydrogen) atoms. The minimum atomic E-state index is 0.251. The lowest BCUT2D eigenvalue weighted by molar-refractivity contribution is 0.451. The molecule has 2 rings (SSSR count). The van der Waals surface area contributed by atoms with Crippen LogP contribution in [0.3, 0.4) is 0 Å². The molecular weight excluding hydrogens is 286 g/mol. The van der Waals surface area contributed by atoms with E-state index in [4.69, 9.17) is 16.3 Å². The van der Waals surface area contributed by atoms with Crippen molar-refractivity contribution < 1.29 is 4.74 Å². The van der Waals surface area contributed by atoms with Gasteiger partial charge in [0.1, 0.15) is 17.9 Å². The highest BCUT2D eigenvalue weighted by atomic mass is 35.5. The Labute approximate surface area is 130 Å². The number of aryl methyl sites for hydroxylation is 1. The van der Waals surface area contributed by atoms with Gasteiger partial charge in [0.25, 0.3) is 0 Å². The van der Waals surface area contributed by atoms with E-state index >= 15 is 0 Å². The van der Waals surface area contributed by atoms with Crippen molar-refractivity contribution in [2.45, 2.75) is 33.1 Å². The lowest BCUT2D eigenvalue weighted by Crippen LogP contribution is -2.04. The molecule has 0 saturated heterocycles. The van der Waals surface area contributed by atoms with Gasteiger partial charge in [-0.1, -0.05) is 32.4 Å². The van der Waals surface area contributed by atoms with E-state index in [-0.39, 0.29) is 5.92 Å². The highest BCUT2D eigenvalue weighted by Crippen LogP contribution is 2.33. The van der Waals surface area contributed by atoms with Crippen LogP contribution < -0.4 is 10.1 Å². The van der Waals surface area contributed by atoms with Crippen molar-refractivity contribution >= 4 is 17.4 Å². The highest BCUT2D eigenvalue weighted by molar-refractivity contribution is 6.31. The monoisotopic (exact) mass is 305 g/mol. The summed E-state index contributed by atoms with van der Waals surface area (Å²) in [6, 6.07) is 5.66. The van der Waals surface area contributed by atoms with Gasteiger partial charge >= 0.3 is 0 Å². The average molecular weight is 306 g/mol. The van der Waals surface area contributed by atoms with Gasteiger partial charge in [-0.25, -0.2) is 9.97 Å². The van der Waals surface area contributed by atoms with Crippen molar-refractivity contribution in [3.05, 3.63) is 40.7 Å². The Kier molecular flexibility index (Phi) is 5.02. The van der Waals surface area contributed by atoms with Crippen LogP contribution >= 0.6 is 11.6 Å². The first kappa shape index (κ1) is 15.6. The Hall–Kier alpha value is -1.81. The largest absolute Gasteiger partial charge is 0.439 e. The van der Waals surface area contributed by atoms with Crippen LogP contribution in [0.25, 0.3) is 0 Å². The molecule has 5 heteroatoms. The van der Waals surface area contributed by atoms with E-state index in [1.54, 1.807) is 0 Å². The van der Waals surface area contributed by atoms with Crippen LogP contribution in [0.15, 0.2) is 24.5 Å². The van der Waals surface area contributed by atoms with Crippen LogP contribution in [0.1, 0.15) is 37.8 Å². The van der Waals surface area contributed by atoms with E-state index in [2.05, 4.69) is 36.1 Å². The molecule has 1 aromatic carbocycles. The molecule has 0 fully saturated rings. The predicted molar refractivity (Wildman–Crippen MR) is 86.6 cm³/mol. The molecule has 1 heterocycles. The van der Waals surface area contributed by atoms with Gasteiger partial charge in [0, 0.05) is 12.1 Å². The standard InChI is InChI=1S/C16H20ClN3O/c1-5-11-8-12(6-7-13(11)17)21-16-14(10(2)3)15(18-4)19-9-20-16/h6-10H,5H2,1-4H3,(H,18,19,20). The maximum atomic E-state index is 6.14. The van der Waals surface area contributed by atoms with Crippen LogP contribution in [0, 0.1) is 0 Å². The number of anilines is 1. The zero-order chi connectivity index (χ0) is 15.4. The van der Waals surface area contributed by atoms with Crippen molar-refractivity contribution in [2.75, 3.05) is 12.4 Å². The van der Waals surface area contributed by atoms with E-state index in [1.807, 2.05) is 25.2 Å². The fourth-order valence-corrected chi connectivity index (χ4v) is 2.43. The molecule has 0 spiro atoms. The zero-order valence-corrected chi connectivity index (χ0v) is 13.5. The first-order valence-electron chi connectivity index (χ1n) is 7.05. The van der Waals surface area contributed by atoms with Crippen molar-refractivity contribution in [3.8, 4) is 11.6 Å². The first-order valence-corrected chi connectivity index (χ1v) is 7.43. The summed E-state index contributed by atoms with van der Waals surface area (Å²) in [5.74, 6) is 2.36. The number of nitrogens with one attached hydrogen (secondary N) is 1. The van der Waals surface area contributed by atoms with E-state index < -0.39 is 0 Å². The van der Waals surface area contributed by atoms with Gasteiger partial charge in [0.2, 0.25) is 5.88 Å². The van der Waals surface area contributed by atoms with Crippen LogP contribution in [-0.2, 0) is 6.42 Å². The van der Waals surface area contributed by atoms with Gasteiger partial charge < -0.3 is 10.1 Å². The third kappa shape index (κ3) is 3.45. The van der Waals surface area contributed by atoms with E-state index in [9.17, 15) is 0 Å². The van der Waals surface area contributed by atoms with Crippen LogP contribution in [0.2, 0.25) is 5.02 Å². The molecule has 0 amide bonds. The summed E-state index contributed by atoms with van der Waals surface area (Å²) >= 11 is 6.14. The third-order valence-corrected chi connectivity index (χ3v) is 3.64. The molecule has 0 aliphatic rings. The van der Waals surface area contributed by atoms with E-state index in [0.717, 1.165) is 34.1 Å². The van der Waals surface area contributed by atoms with Gasteiger partial charge in [-0.3, -0.25) is 0 Å². The fourth-order valence-electron chi connectivity index (χ4n) is 2.18. The number of hydrogen-bond acceptors (Lipinski definition) is 4. The fraction of sp³-hybridized carbons (Fsp3) is 0.375. The second-order valence-corrected chi connectivity index (χ2v) is 5.46. The molecule has 1 aromatic heterocycles. The minimum absolute atomic E-state index is 0.251. The molecule has 0 radical (unpaired) electrons. The maximum Gasteiger partial charge on any atom is 0.227 e. The predicted octanol–water partition coefficient (Wildman–Crippen LogP) is 4.65. The molecular formula is C16H20ClN3O. The lowest BCUT2D eigenvalue weighted by Gasteiger charge is -2.16. The second kappa shape index (κ2) is 6.76. The molecule has 2 aromatic rings. The van der Waals surface area contributed by atoms with Crippen LogP contribution in [-0.4, -0.2) is 17.0 Å². The van der Waals surface area contributed by atoms with Gasteiger partial charge in [0.05, 0.1) is 5.56 Å². The van der Waals surface area contributed by atoms with Crippen molar-refractivity contribution in [3.63, 3.8) is 0 Å². The number of halogens is 1. The van der Waals surface area contributed by atoms with E-state index in [1.165, 1.54) is 6.33 Å². The Morgan fingerprint density at radius 2 is 2.05 bits per heavy atom. The topological polar surface area (TPSA) is 47.0 Å². The maximum absolute atomic E-state index is 6.14. The molecule has 0 bridgehead atoms. The van der Waals surface area contributed by atoms with Crippen LogP contribution in [0.5, 0.6) is 11.6 Å². The number of nitrogens with zero attached hydrogens (tertiary/aromatic N) is 2. The summed E-state index contributed by atoms with van der Waals surface area (Å²) in [4.78, 5) is 8.52. The smallest absolute Gasteiger partial charge is 0.227 e. The third-order valence-electron chi connectivity index (χ3n) is 3.27. The van der Waals surface area contributed by atoms with E-state index in [0.29, 0.717) is 5.88 Å². The summed E-state index contributed by atoms with van der Waals surface area (Å²) in [5.41, 5.74) is 2.02. The molecule has 0 unspecified atom stereocenters. The molecule has 0 aliphatic carbocycles. The summed E-state index contributed by atoms with van der Waals surface area (Å²) in [5, 5.41) is 3.84. The summed E-state index contributed by atoms with van der Waals surface area (Å²) < 4.78 is 5.96. The molecule has 0 saturated carbocycles. The average Bonchev–Trinajstić information content (AvgIpc) is 2.48. The molecule has 0 aliphatic heterocycles. The molecule has 1 N–H and O–H groups in total. The van der Waals surface area contributed by atoms with Crippen molar-refractivity contribution in [1.82, 2.24) is 9.97 Å². The molecule has 0 atom stereocenters. The van der Waals surface area contributed by atoms with Gasteiger partial charge in [-0.2, -0.15) is 0 Å². The normalized spacial score (nSPS) is 10.8. The Morgan fingerprint density at radius 1 is 1.29 bits per heavy atom. The zero-order valence-electron chi connectivity index (χ0n) is 12.8. The summed E-state index contributed by atoms with van der Waals surface area (Å²) in [7, 11) is 1.84. The first-order chi connectivity index (χ1) is 10.1. The van der Waals surface area contributed by atoms with Crippen molar-refractivity contribution in [1.29, 1.82) is 0 Å². The Morgan fingerprint density at radius 3 is 2.67 bits per heavy atom. The number of benzene rings is 1. The molecule has 112 valence electrons. The summed E-state index contributed by atoms with van der Waals surface area (Å²) in [6.07, 6.45) is 2.36. The van der Waals surface area contributed by atoms with Crippen molar-refractivity contribution in [2.24, 2.45) is 0 Å². The number of aromatic nitrogens is 2. The lowest BCUT2D eigenvalue weighted by atomic mass is 10.1. The quantitative estimate of drug-likeness (QED) is 0.873. The minimum Gasteiger partial charge on any atom is -0.439 e.